The Bertz CT molecular complexity index is 785. The predicted molar refractivity (Wildman–Crippen MR) is 94.7 cm³/mol. The Kier molecular flexibility index (Phi) is 5.06. The first-order chi connectivity index (χ1) is 11.5. The Morgan fingerprint density at radius 3 is 2.88 bits per heavy atom. The van der Waals surface area contributed by atoms with E-state index in [4.69, 9.17) is 22.1 Å². The molecule has 0 saturated carbocycles. The van der Waals surface area contributed by atoms with Gasteiger partial charge in [-0.15, -0.1) is 0 Å². The van der Waals surface area contributed by atoms with Crippen LogP contribution in [0.5, 0.6) is 5.75 Å². The molecule has 1 saturated heterocycles. The Hall–Kier alpha value is -2.05. The SMILES string of the molecule is Cc1cc(Cl)cc(Cn2ccc(N)nc2=O)c1OC1CCNCC1. The van der Waals surface area contributed by atoms with Gasteiger partial charge in [0, 0.05) is 16.8 Å². The van der Waals surface area contributed by atoms with E-state index in [9.17, 15) is 4.79 Å². The van der Waals surface area contributed by atoms with Gasteiger partial charge in [0.2, 0.25) is 0 Å². The number of benzene rings is 1. The maximum atomic E-state index is 12.0. The normalized spacial score (nSPS) is 15.4. The molecule has 1 aromatic carbocycles. The fourth-order valence-corrected chi connectivity index (χ4v) is 3.21. The van der Waals surface area contributed by atoms with Crippen LogP contribution in [0.2, 0.25) is 5.02 Å². The topological polar surface area (TPSA) is 82.2 Å². The quantitative estimate of drug-likeness (QED) is 0.882. The molecule has 3 N–H and O–H groups in total. The van der Waals surface area contributed by atoms with E-state index in [1.807, 2.05) is 19.1 Å². The van der Waals surface area contributed by atoms with E-state index < -0.39 is 0 Å². The van der Waals surface area contributed by atoms with E-state index in [1.54, 1.807) is 12.3 Å². The second-order valence-corrected chi connectivity index (χ2v) is 6.48. The molecule has 1 aliphatic heterocycles. The first-order valence-corrected chi connectivity index (χ1v) is 8.40. The lowest BCUT2D eigenvalue weighted by molar-refractivity contribution is 0.159. The van der Waals surface area contributed by atoms with Gasteiger partial charge in [-0.05, 0) is 56.6 Å². The van der Waals surface area contributed by atoms with Crippen LogP contribution in [0.3, 0.4) is 0 Å². The van der Waals surface area contributed by atoms with Gasteiger partial charge < -0.3 is 15.8 Å². The zero-order valence-corrected chi connectivity index (χ0v) is 14.3. The zero-order valence-electron chi connectivity index (χ0n) is 13.6. The number of aromatic nitrogens is 2. The third kappa shape index (κ3) is 3.88. The molecule has 128 valence electrons. The van der Waals surface area contributed by atoms with Crippen LogP contribution in [-0.2, 0) is 6.54 Å². The first kappa shape index (κ1) is 16.8. The molecular weight excluding hydrogens is 328 g/mol. The molecule has 7 heteroatoms. The van der Waals surface area contributed by atoms with Crippen molar-refractivity contribution in [3.05, 3.63) is 51.0 Å². The number of nitrogen functional groups attached to an aromatic ring is 1. The van der Waals surface area contributed by atoms with Crippen LogP contribution in [0.15, 0.2) is 29.2 Å². The molecule has 0 spiro atoms. The second kappa shape index (κ2) is 7.23. The van der Waals surface area contributed by atoms with Crippen LogP contribution in [0, 0.1) is 6.92 Å². The Balaban J connectivity index is 1.91. The summed E-state index contributed by atoms with van der Waals surface area (Å²) in [6.45, 7) is 4.21. The second-order valence-electron chi connectivity index (χ2n) is 6.04. The van der Waals surface area contributed by atoms with Crippen molar-refractivity contribution in [1.82, 2.24) is 14.9 Å². The summed E-state index contributed by atoms with van der Waals surface area (Å²) in [4.78, 5) is 15.8. The molecule has 1 aromatic heterocycles. The number of piperidine rings is 1. The summed E-state index contributed by atoms with van der Waals surface area (Å²) < 4.78 is 7.75. The summed E-state index contributed by atoms with van der Waals surface area (Å²) in [5.74, 6) is 1.01. The van der Waals surface area contributed by atoms with Crippen molar-refractivity contribution in [2.75, 3.05) is 18.8 Å². The van der Waals surface area contributed by atoms with Crippen molar-refractivity contribution in [3.8, 4) is 5.75 Å². The van der Waals surface area contributed by atoms with Gasteiger partial charge >= 0.3 is 5.69 Å². The predicted octanol–water partition coefficient (Wildman–Crippen LogP) is 1.97. The maximum absolute atomic E-state index is 12.0. The largest absolute Gasteiger partial charge is 0.490 e. The Labute approximate surface area is 145 Å². The highest BCUT2D eigenvalue weighted by atomic mass is 35.5. The maximum Gasteiger partial charge on any atom is 0.349 e. The lowest BCUT2D eigenvalue weighted by atomic mass is 10.1. The summed E-state index contributed by atoms with van der Waals surface area (Å²) >= 11 is 6.21. The summed E-state index contributed by atoms with van der Waals surface area (Å²) in [5, 5.41) is 3.95. The summed E-state index contributed by atoms with van der Waals surface area (Å²) in [7, 11) is 0. The number of halogens is 1. The number of nitrogens with two attached hydrogens (primary N) is 1. The van der Waals surface area contributed by atoms with Crippen LogP contribution in [0.25, 0.3) is 0 Å². The van der Waals surface area contributed by atoms with E-state index in [0.717, 1.165) is 42.8 Å². The highest BCUT2D eigenvalue weighted by molar-refractivity contribution is 6.30. The van der Waals surface area contributed by atoms with E-state index in [2.05, 4.69) is 10.3 Å². The number of nitrogens with zero attached hydrogens (tertiary/aromatic N) is 2. The van der Waals surface area contributed by atoms with Crippen LogP contribution in [0.4, 0.5) is 5.82 Å². The highest BCUT2D eigenvalue weighted by Crippen LogP contribution is 2.30. The third-order valence-electron chi connectivity index (χ3n) is 4.12. The van der Waals surface area contributed by atoms with Crippen molar-refractivity contribution >= 4 is 17.4 Å². The minimum absolute atomic E-state index is 0.172. The van der Waals surface area contributed by atoms with E-state index >= 15 is 0 Å². The van der Waals surface area contributed by atoms with Crippen molar-refractivity contribution in [2.45, 2.75) is 32.4 Å². The third-order valence-corrected chi connectivity index (χ3v) is 4.34. The van der Waals surface area contributed by atoms with Crippen molar-refractivity contribution < 1.29 is 4.74 Å². The molecule has 3 rings (SSSR count). The van der Waals surface area contributed by atoms with Crippen LogP contribution >= 0.6 is 11.6 Å². The molecule has 2 heterocycles. The molecule has 0 atom stereocenters. The number of hydrogen-bond acceptors (Lipinski definition) is 5. The highest BCUT2D eigenvalue weighted by Gasteiger charge is 2.18. The number of aryl methyl sites for hydroxylation is 1. The fourth-order valence-electron chi connectivity index (χ4n) is 2.91. The van der Waals surface area contributed by atoms with Gasteiger partial charge in [-0.2, -0.15) is 4.98 Å². The van der Waals surface area contributed by atoms with Gasteiger partial charge in [-0.1, -0.05) is 11.6 Å². The summed E-state index contributed by atoms with van der Waals surface area (Å²) in [5.41, 5.74) is 6.99. The molecule has 1 aliphatic rings. The van der Waals surface area contributed by atoms with Crippen LogP contribution in [-0.4, -0.2) is 28.7 Å². The zero-order chi connectivity index (χ0) is 17.1. The molecule has 0 amide bonds. The Morgan fingerprint density at radius 2 is 2.17 bits per heavy atom. The van der Waals surface area contributed by atoms with E-state index in [0.29, 0.717) is 11.6 Å². The van der Waals surface area contributed by atoms with Gasteiger partial charge in [0.25, 0.3) is 0 Å². The number of ether oxygens (including phenoxy) is 1. The van der Waals surface area contributed by atoms with Crippen molar-refractivity contribution in [2.24, 2.45) is 0 Å². The lowest BCUT2D eigenvalue weighted by Gasteiger charge is -2.26. The van der Waals surface area contributed by atoms with Gasteiger partial charge in [-0.25, -0.2) is 4.79 Å². The monoisotopic (exact) mass is 348 g/mol. The molecule has 6 nitrogen and oxygen atoms in total. The van der Waals surface area contributed by atoms with Gasteiger partial charge in [0.05, 0.1) is 6.54 Å². The number of anilines is 1. The minimum atomic E-state index is -0.388. The molecular formula is C17H21ClN4O2. The van der Waals surface area contributed by atoms with Crippen LogP contribution < -0.4 is 21.5 Å². The summed E-state index contributed by atoms with van der Waals surface area (Å²) in [6.07, 6.45) is 3.73. The smallest absolute Gasteiger partial charge is 0.349 e. The lowest BCUT2D eigenvalue weighted by Crippen LogP contribution is -2.34. The van der Waals surface area contributed by atoms with Crippen molar-refractivity contribution in [1.29, 1.82) is 0 Å². The van der Waals surface area contributed by atoms with Crippen molar-refractivity contribution in [3.63, 3.8) is 0 Å². The standard InChI is InChI=1S/C17H21ClN4O2/c1-11-8-13(18)9-12(10-22-7-4-15(19)21-17(22)23)16(11)24-14-2-5-20-6-3-14/h4,7-9,14,20H,2-3,5-6,10H2,1H3,(H2,19,21,23). The molecule has 1 fully saturated rings. The van der Waals surface area contributed by atoms with Crippen LogP contribution in [0.1, 0.15) is 24.0 Å². The van der Waals surface area contributed by atoms with E-state index in [1.165, 1.54) is 4.57 Å². The molecule has 0 aliphatic carbocycles. The van der Waals surface area contributed by atoms with Gasteiger partial charge in [0.1, 0.15) is 17.7 Å². The number of rotatable bonds is 4. The van der Waals surface area contributed by atoms with Gasteiger partial charge in [-0.3, -0.25) is 4.57 Å². The molecule has 0 bridgehead atoms. The average Bonchev–Trinajstić information content (AvgIpc) is 2.54. The number of nitrogens with one attached hydrogen (secondary N) is 1. The van der Waals surface area contributed by atoms with E-state index in [-0.39, 0.29) is 17.6 Å². The van der Waals surface area contributed by atoms with Gasteiger partial charge in [0.15, 0.2) is 0 Å². The molecule has 2 aromatic rings. The Morgan fingerprint density at radius 1 is 1.42 bits per heavy atom. The molecule has 0 radical (unpaired) electrons. The average molecular weight is 349 g/mol. The minimum Gasteiger partial charge on any atom is -0.490 e. The number of hydrogen-bond donors (Lipinski definition) is 2. The molecule has 0 unspecified atom stereocenters. The first-order valence-electron chi connectivity index (χ1n) is 8.02. The molecule has 24 heavy (non-hydrogen) atoms. The fraction of sp³-hybridized carbons (Fsp3) is 0.412. The summed E-state index contributed by atoms with van der Waals surface area (Å²) in [6, 6.07) is 5.32.